The van der Waals surface area contributed by atoms with Crippen LogP contribution in [0.5, 0.6) is 0 Å². The average molecular weight is 439 g/mol. The van der Waals surface area contributed by atoms with Gasteiger partial charge in [0.1, 0.15) is 11.6 Å². The molecular formula is C23H30N6O3. The molecule has 2 atom stereocenters. The number of piperidine rings is 1. The minimum Gasteiger partial charge on any atom is -0.361 e. The summed E-state index contributed by atoms with van der Waals surface area (Å²) in [6.07, 6.45) is 3.26. The van der Waals surface area contributed by atoms with Gasteiger partial charge in [-0.05, 0) is 45.2 Å². The van der Waals surface area contributed by atoms with E-state index in [0.717, 1.165) is 43.4 Å². The van der Waals surface area contributed by atoms with Crippen LogP contribution in [0.2, 0.25) is 0 Å². The lowest BCUT2D eigenvalue weighted by Crippen LogP contribution is -2.48. The first-order valence-corrected chi connectivity index (χ1v) is 11.2. The third-order valence-electron chi connectivity index (χ3n) is 5.79. The summed E-state index contributed by atoms with van der Waals surface area (Å²) in [5.74, 6) is 1.12. The molecule has 2 aromatic heterocycles. The Morgan fingerprint density at radius 1 is 1.22 bits per heavy atom. The highest BCUT2D eigenvalue weighted by Gasteiger charge is 2.27. The van der Waals surface area contributed by atoms with E-state index in [1.807, 2.05) is 49.1 Å². The van der Waals surface area contributed by atoms with Gasteiger partial charge in [0.2, 0.25) is 11.8 Å². The smallest absolute Gasteiger partial charge is 0.238 e. The van der Waals surface area contributed by atoms with Crippen LogP contribution >= 0.6 is 0 Å². The second-order valence-corrected chi connectivity index (χ2v) is 8.38. The molecule has 3 aromatic rings. The minimum atomic E-state index is -0.687. The molecule has 0 bridgehead atoms. The molecule has 1 aliphatic heterocycles. The Hall–Kier alpha value is -3.20. The Morgan fingerprint density at radius 3 is 2.72 bits per heavy atom. The molecule has 0 spiro atoms. The molecule has 9 nitrogen and oxygen atoms in total. The third kappa shape index (κ3) is 5.34. The number of hydrogen-bond donors (Lipinski definition) is 3. The van der Waals surface area contributed by atoms with Crippen LogP contribution in [0, 0.1) is 6.92 Å². The standard InChI is InChI=1S/C23H30N6O3/c1-15-12-17(28-32-15)14-24-20(13-21(30)29-10-6-3-7-11-29)23(31)25-16(2)22-26-18-8-4-5-9-19(18)27-22/h4-5,8-9,12,16,20,24H,3,6-7,10-11,13-14H2,1-2H3,(H,25,31)(H,26,27). The molecule has 32 heavy (non-hydrogen) atoms. The van der Waals surface area contributed by atoms with Gasteiger partial charge < -0.3 is 19.7 Å². The van der Waals surface area contributed by atoms with Gasteiger partial charge in [-0.25, -0.2) is 4.98 Å². The number of aryl methyl sites for hydroxylation is 1. The normalized spacial score (nSPS) is 16.1. The number of carbonyl (C=O) groups is 2. The number of aromatic amines is 1. The summed E-state index contributed by atoms with van der Waals surface area (Å²) < 4.78 is 5.11. The zero-order valence-electron chi connectivity index (χ0n) is 18.6. The molecule has 1 aromatic carbocycles. The van der Waals surface area contributed by atoms with E-state index < -0.39 is 6.04 Å². The number of H-pyrrole nitrogens is 1. The summed E-state index contributed by atoms with van der Waals surface area (Å²) >= 11 is 0. The van der Waals surface area contributed by atoms with Crippen molar-refractivity contribution in [1.82, 2.24) is 30.7 Å². The second-order valence-electron chi connectivity index (χ2n) is 8.38. The van der Waals surface area contributed by atoms with Gasteiger partial charge in [0.25, 0.3) is 0 Å². The van der Waals surface area contributed by atoms with Crippen molar-refractivity contribution in [2.45, 2.75) is 58.2 Å². The zero-order chi connectivity index (χ0) is 22.5. The number of para-hydroxylation sites is 2. The number of nitrogens with zero attached hydrogens (tertiary/aromatic N) is 3. The highest BCUT2D eigenvalue weighted by molar-refractivity contribution is 5.88. The Morgan fingerprint density at radius 2 is 2.00 bits per heavy atom. The first-order valence-electron chi connectivity index (χ1n) is 11.2. The SMILES string of the molecule is Cc1cc(CNC(CC(=O)N2CCCCC2)C(=O)NC(C)c2nc3ccccc3[nH]2)no1. The number of imidazole rings is 1. The number of amides is 2. The van der Waals surface area contributed by atoms with E-state index in [9.17, 15) is 9.59 Å². The van der Waals surface area contributed by atoms with Crippen molar-refractivity contribution < 1.29 is 14.1 Å². The highest BCUT2D eigenvalue weighted by atomic mass is 16.5. The predicted octanol–water partition coefficient (Wildman–Crippen LogP) is 2.60. The Labute approximate surface area is 186 Å². The van der Waals surface area contributed by atoms with Crippen molar-refractivity contribution in [3.63, 3.8) is 0 Å². The summed E-state index contributed by atoms with van der Waals surface area (Å²) in [6.45, 7) is 5.54. The van der Waals surface area contributed by atoms with Crippen LogP contribution in [0.15, 0.2) is 34.9 Å². The number of aromatic nitrogens is 3. The lowest BCUT2D eigenvalue weighted by Gasteiger charge is -2.28. The van der Waals surface area contributed by atoms with Gasteiger partial charge in [0.15, 0.2) is 0 Å². The lowest BCUT2D eigenvalue weighted by atomic mass is 10.1. The Bertz CT molecular complexity index is 1040. The quantitative estimate of drug-likeness (QED) is 0.498. The van der Waals surface area contributed by atoms with Crippen LogP contribution in [0.1, 0.15) is 55.9 Å². The first-order chi connectivity index (χ1) is 15.5. The molecule has 3 heterocycles. The summed E-state index contributed by atoms with van der Waals surface area (Å²) in [5.41, 5.74) is 2.45. The van der Waals surface area contributed by atoms with Crippen LogP contribution in [0.3, 0.4) is 0 Å². The lowest BCUT2D eigenvalue weighted by molar-refractivity contribution is -0.135. The van der Waals surface area contributed by atoms with Crippen molar-refractivity contribution >= 4 is 22.8 Å². The summed E-state index contributed by atoms with van der Waals surface area (Å²) in [7, 11) is 0. The fraction of sp³-hybridized carbons (Fsp3) is 0.478. The van der Waals surface area contributed by atoms with Gasteiger partial charge in [-0.1, -0.05) is 17.3 Å². The van der Waals surface area contributed by atoms with E-state index in [2.05, 4.69) is 25.8 Å². The fourth-order valence-electron chi connectivity index (χ4n) is 3.99. The second kappa shape index (κ2) is 9.95. The predicted molar refractivity (Wildman–Crippen MR) is 120 cm³/mol. The third-order valence-corrected chi connectivity index (χ3v) is 5.79. The van der Waals surface area contributed by atoms with Crippen molar-refractivity contribution in [1.29, 1.82) is 0 Å². The molecule has 3 N–H and O–H groups in total. The zero-order valence-corrected chi connectivity index (χ0v) is 18.6. The fourth-order valence-corrected chi connectivity index (χ4v) is 3.99. The van der Waals surface area contributed by atoms with E-state index in [4.69, 9.17) is 4.52 Å². The van der Waals surface area contributed by atoms with Crippen molar-refractivity contribution in [3.05, 3.63) is 47.6 Å². The molecule has 0 saturated carbocycles. The Balaban J connectivity index is 1.43. The molecule has 1 saturated heterocycles. The molecular weight excluding hydrogens is 408 g/mol. The topological polar surface area (TPSA) is 116 Å². The van der Waals surface area contributed by atoms with Crippen LogP contribution in [0.4, 0.5) is 0 Å². The number of benzene rings is 1. The summed E-state index contributed by atoms with van der Waals surface area (Å²) in [5, 5.41) is 10.2. The molecule has 1 fully saturated rings. The highest BCUT2D eigenvalue weighted by Crippen LogP contribution is 2.16. The number of carbonyl (C=O) groups excluding carboxylic acids is 2. The maximum atomic E-state index is 13.2. The average Bonchev–Trinajstić information content (AvgIpc) is 3.43. The van der Waals surface area contributed by atoms with E-state index in [0.29, 0.717) is 23.8 Å². The largest absolute Gasteiger partial charge is 0.361 e. The van der Waals surface area contributed by atoms with Gasteiger partial charge in [-0.2, -0.15) is 0 Å². The summed E-state index contributed by atoms with van der Waals surface area (Å²) in [6, 6.07) is 8.52. The molecule has 0 aliphatic carbocycles. The van der Waals surface area contributed by atoms with Crippen LogP contribution in [0.25, 0.3) is 11.0 Å². The number of hydrogen-bond acceptors (Lipinski definition) is 6. The van der Waals surface area contributed by atoms with Gasteiger partial charge >= 0.3 is 0 Å². The molecule has 1 aliphatic rings. The number of rotatable bonds is 8. The minimum absolute atomic E-state index is 0.00919. The van der Waals surface area contributed by atoms with E-state index in [1.165, 1.54) is 0 Å². The van der Waals surface area contributed by atoms with E-state index in [1.54, 1.807) is 0 Å². The van der Waals surface area contributed by atoms with E-state index >= 15 is 0 Å². The van der Waals surface area contributed by atoms with E-state index in [-0.39, 0.29) is 24.3 Å². The van der Waals surface area contributed by atoms with Crippen LogP contribution in [-0.2, 0) is 16.1 Å². The molecule has 4 rings (SSSR count). The number of nitrogens with one attached hydrogen (secondary N) is 3. The van der Waals surface area contributed by atoms with Crippen molar-refractivity contribution in [2.75, 3.05) is 13.1 Å². The van der Waals surface area contributed by atoms with Gasteiger partial charge in [-0.15, -0.1) is 0 Å². The van der Waals surface area contributed by atoms with Crippen LogP contribution < -0.4 is 10.6 Å². The maximum Gasteiger partial charge on any atom is 0.238 e. The van der Waals surface area contributed by atoms with Crippen LogP contribution in [-0.4, -0.2) is 51.0 Å². The molecule has 0 radical (unpaired) electrons. The van der Waals surface area contributed by atoms with Crippen molar-refractivity contribution in [2.24, 2.45) is 0 Å². The number of fused-ring (bicyclic) bond motifs is 1. The Kier molecular flexibility index (Phi) is 6.84. The summed E-state index contributed by atoms with van der Waals surface area (Å²) in [4.78, 5) is 35.7. The van der Waals surface area contributed by atoms with Gasteiger partial charge in [0, 0.05) is 25.7 Å². The maximum absolute atomic E-state index is 13.2. The van der Waals surface area contributed by atoms with Gasteiger partial charge in [-0.3, -0.25) is 14.9 Å². The molecule has 170 valence electrons. The molecule has 2 amide bonds. The monoisotopic (exact) mass is 438 g/mol. The number of likely N-dealkylation sites (tertiary alicyclic amines) is 1. The van der Waals surface area contributed by atoms with Gasteiger partial charge in [0.05, 0.1) is 35.2 Å². The molecule has 2 unspecified atom stereocenters. The molecule has 9 heteroatoms. The first kappa shape index (κ1) is 22.0. The van der Waals surface area contributed by atoms with Crippen molar-refractivity contribution in [3.8, 4) is 0 Å².